The summed E-state index contributed by atoms with van der Waals surface area (Å²) in [6.45, 7) is 2.02. The molecule has 0 radical (unpaired) electrons. The molecule has 0 bridgehead atoms. The van der Waals surface area contributed by atoms with Crippen LogP contribution in [0.1, 0.15) is 34.7 Å². The zero-order chi connectivity index (χ0) is 22.0. The highest BCUT2D eigenvalue weighted by Crippen LogP contribution is 2.41. The Morgan fingerprint density at radius 2 is 1.71 bits per heavy atom. The van der Waals surface area contributed by atoms with E-state index in [9.17, 15) is 14.0 Å². The van der Waals surface area contributed by atoms with Crippen molar-refractivity contribution >= 4 is 11.8 Å². The maximum absolute atomic E-state index is 14.3. The SMILES string of the molecule is COc1ccc(OC)c([C@@H]2CN(C(=O)c3ccccc3F)C[C@H]2C(=O)N2CCCC2)c1. The minimum atomic E-state index is -0.558. The second-order valence-electron chi connectivity index (χ2n) is 8.04. The summed E-state index contributed by atoms with van der Waals surface area (Å²) in [6, 6.07) is 11.4. The Labute approximate surface area is 181 Å². The highest BCUT2D eigenvalue weighted by molar-refractivity contribution is 5.95. The Morgan fingerprint density at radius 3 is 2.39 bits per heavy atom. The maximum Gasteiger partial charge on any atom is 0.256 e. The van der Waals surface area contributed by atoms with E-state index in [1.165, 1.54) is 12.1 Å². The van der Waals surface area contributed by atoms with Crippen LogP contribution in [0.2, 0.25) is 0 Å². The van der Waals surface area contributed by atoms with Crippen molar-refractivity contribution in [1.29, 1.82) is 0 Å². The van der Waals surface area contributed by atoms with Crippen molar-refractivity contribution in [2.75, 3.05) is 40.4 Å². The van der Waals surface area contributed by atoms with Gasteiger partial charge in [0.2, 0.25) is 5.91 Å². The largest absolute Gasteiger partial charge is 0.497 e. The third-order valence-electron chi connectivity index (χ3n) is 6.28. The van der Waals surface area contributed by atoms with Gasteiger partial charge in [-0.25, -0.2) is 4.39 Å². The van der Waals surface area contributed by atoms with E-state index in [0.717, 1.165) is 31.5 Å². The molecule has 2 aromatic rings. The van der Waals surface area contributed by atoms with Crippen LogP contribution in [0.25, 0.3) is 0 Å². The van der Waals surface area contributed by atoms with E-state index < -0.39 is 17.6 Å². The minimum Gasteiger partial charge on any atom is -0.497 e. The molecule has 0 N–H and O–H groups in total. The molecule has 0 saturated carbocycles. The number of likely N-dealkylation sites (tertiary alicyclic amines) is 2. The molecule has 0 aliphatic carbocycles. The molecule has 2 aliphatic rings. The molecule has 2 fully saturated rings. The molecular formula is C24H27FN2O4. The molecule has 2 aliphatic heterocycles. The fraction of sp³-hybridized carbons (Fsp3) is 0.417. The molecule has 31 heavy (non-hydrogen) atoms. The van der Waals surface area contributed by atoms with Crippen molar-refractivity contribution in [1.82, 2.24) is 9.80 Å². The number of rotatable bonds is 5. The number of benzene rings is 2. The van der Waals surface area contributed by atoms with Gasteiger partial charge in [0.1, 0.15) is 17.3 Å². The standard InChI is InChI=1S/C24H27FN2O4/c1-30-16-9-10-22(31-2)18(13-16)19-14-27(23(28)17-7-3-4-8-21(17)25)15-20(19)24(29)26-11-5-6-12-26/h3-4,7-10,13,19-20H,5-6,11-12,14-15H2,1-2H3/t19-,20+/m0/s1. The Bertz CT molecular complexity index is 974. The lowest BCUT2D eigenvalue weighted by molar-refractivity contribution is -0.134. The van der Waals surface area contributed by atoms with Gasteiger partial charge in [0.05, 0.1) is 25.7 Å². The Balaban J connectivity index is 1.70. The second kappa shape index (κ2) is 8.96. The van der Waals surface area contributed by atoms with Crippen LogP contribution in [0.4, 0.5) is 4.39 Å². The van der Waals surface area contributed by atoms with Gasteiger partial charge < -0.3 is 19.3 Å². The van der Waals surface area contributed by atoms with E-state index in [0.29, 0.717) is 18.0 Å². The summed E-state index contributed by atoms with van der Waals surface area (Å²) in [6.07, 6.45) is 1.98. The van der Waals surface area contributed by atoms with Crippen molar-refractivity contribution < 1.29 is 23.5 Å². The summed E-state index contributed by atoms with van der Waals surface area (Å²) in [5.41, 5.74) is 0.844. The first-order valence-electron chi connectivity index (χ1n) is 10.6. The molecule has 6 nitrogen and oxygen atoms in total. The molecule has 2 saturated heterocycles. The number of halogens is 1. The zero-order valence-corrected chi connectivity index (χ0v) is 17.8. The third-order valence-corrected chi connectivity index (χ3v) is 6.28. The van der Waals surface area contributed by atoms with Crippen LogP contribution in [-0.4, -0.2) is 62.0 Å². The molecule has 2 amide bonds. The van der Waals surface area contributed by atoms with E-state index in [-0.39, 0.29) is 23.9 Å². The molecule has 7 heteroatoms. The second-order valence-corrected chi connectivity index (χ2v) is 8.04. The molecule has 0 aromatic heterocycles. The number of nitrogens with zero attached hydrogens (tertiary/aromatic N) is 2. The van der Waals surface area contributed by atoms with Crippen LogP contribution in [0.15, 0.2) is 42.5 Å². The maximum atomic E-state index is 14.3. The predicted molar refractivity (Wildman–Crippen MR) is 114 cm³/mol. The van der Waals surface area contributed by atoms with Gasteiger partial charge in [0.25, 0.3) is 5.91 Å². The highest BCUT2D eigenvalue weighted by atomic mass is 19.1. The average molecular weight is 426 g/mol. The fourth-order valence-corrected chi connectivity index (χ4v) is 4.64. The quantitative estimate of drug-likeness (QED) is 0.736. The average Bonchev–Trinajstić information content (AvgIpc) is 3.48. The van der Waals surface area contributed by atoms with Gasteiger partial charge in [-0.05, 0) is 43.2 Å². The number of methoxy groups -OCH3 is 2. The van der Waals surface area contributed by atoms with Crippen LogP contribution in [0.5, 0.6) is 11.5 Å². The third kappa shape index (κ3) is 4.09. The van der Waals surface area contributed by atoms with E-state index >= 15 is 0 Å². The summed E-state index contributed by atoms with van der Waals surface area (Å²) >= 11 is 0. The van der Waals surface area contributed by atoms with Crippen LogP contribution >= 0.6 is 0 Å². The topological polar surface area (TPSA) is 59.1 Å². The number of hydrogen-bond acceptors (Lipinski definition) is 4. The van der Waals surface area contributed by atoms with Crippen LogP contribution in [0, 0.1) is 11.7 Å². The monoisotopic (exact) mass is 426 g/mol. The lowest BCUT2D eigenvalue weighted by atomic mass is 9.87. The van der Waals surface area contributed by atoms with E-state index in [2.05, 4.69) is 0 Å². The molecule has 2 aromatic carbocycles. The van der Waals surface area contributed by atoms with Crippen molar-refractivity contribution in [3.63, 3.8) is 0 Å². The van der Waals surface area contributed by atoms with E-state index in [1.807, 2.05) is 17.0 Å². The summed E-state index contributed by atoms with van der Waals surface area (Å²) < 4.78 is 25.2. The molecule has 0 unspecified atom stereocenters. The van der Waals surface area contributed by atoms with Gasteiger partial charge in [-0.15, -0.1) is 0 Å². The summed E-state index contributed by atoms with van der Waals surface area (Å²) in [5.74, 6) is -0.314. The number of carbonyl (C=O) groups excluding carboxylic acids is 2. The van der Waals surface area contributed by atoms with Gasteiger partial charge >= 0.3 is 0 Å². The Hall–Kier alpha value is -3.09. The first-order chi connectivity index (χ1) is 15.0. The predicted octanol–water partition coefficient (Wildman–Crippen LogP) is 3.32. The first-order valence-corrected chi connectivity index (χ1v) is 10.6. The number of carbonyl (C=O) groups is 2. The lowest BCUT2D eigenvalue weighted by Gasteiger charge is -2.25. The van der Waals surface area contributed by atoms with E-state index in [1.54, 1.807) is 37.3 Å². The first kappa shape index (κ1) is 21.2. The van der Waals surface area contributed by atoms with Crippen LogP contribution in [-0.2, 0) is 4.79 Å². The van der Waals surface area contributed by atoms with Gasteiger partial charge in [-0.1, -0.05) is 12.1 Å². The highest BCUT2D eigenvalue weighted by Gasteiger charge is 2.44. The summed E-state index contributed by atoms with van der Waals surface area (Å²) in [7, 11) is 3.17. The Morgan fingerprint density at radius 1 is 0.968 bits per heavy atom. The van der Waals surface area contributed by atoms with Gasteiger partial charge in [0, 0.05) is 37.7 Å². The van der Waals surface area contributed by atoms with Crippen LogP contribution < -0.4 is 9.47 Å². The van der Waals surface area contributed by atoms with Crippen molar-refractivity contribution in [3.8, 4) is 11.5 Å². The molecule has 4 rings (SSSR count). The molecule has 2 heterocycles. The zero-order valence-electron chi connectivity index (χ0n) is 17.8. The van der Waals surface area contributed by atoms with E-state index in [4.69, 9.17) is 9.47 Å². The van der Waals surface area contributed by atoms with Crippen LogP contribution in [0.3, 0.4) is 0 Å². The number of hydrogen-bond donors (Lipinski definition) is 0. The van der Waals surface area contributed by atoms with Crippen molar-refractivity contribution in [3.05, 3.63) is 59.4 Å². The van der Waals surface area contributed by atoms with Gasteiger partial charge in [0.15, 0.2) is 0 Å². The van der Waals surface area contributed by atoms with Crippen molar-refractivity contribution in [2.45, 2.75) is 18.8 Å². The molecule has 0 spiro atoms. The van der Waals surface area contributed by atoms with Gasteiger partial charge in [-0.2, -0.15) is 0 Å². The molecule has 2 atom stereocenters. The van der Waals surface area contributed by atoms with Gasteiger partial charge in [-0.3, -0.25) is 9.59 Å². The summed E-state index contributed by atoms with van der Waals surface area (Å²) in [4.78, 5) is 30.0. The summed E-state index contributed by atoms with van der Waals surface area (Å²) in [5, 5.41) is 0. The fourth-order valence-electron chi connectivity index (χ4n) is 4.64. The molecule has 164 valence electrons. The lowest BCUT2D eigenvalue weighted by Crippen LogP contribution is -2.37. The minimum absolute atomic E-state index is 0.0214. The number of ether oxygens (including phenoxy) is 2. The normalized spacial score (nSPS) is 20.7. The smallest absolute Gasteiger partial charge is 0.256 e. The van der Waals surface area contributed by atoms with Crippen molar-refractivity contribution in [2.24, 2.45) is 5.92 Å². The number of amides is 2. The molecular weight excluding hydrogens is 399 g/mol. The Kier molecular flexibility index (Phi) is 6.11.